The highest BCUT2D eigenvalue weighted by atomic mass is 35.5. The SMILES string of the molecule is CC/C(=N\C(=N/C)NC1CCOCC1)n1cnc(C(=O)N[C@H](CNCC(C)(C)C)C2C=C(Cl)C=CC2)c1. The Morgan fingerprint density at radius 2 is 2.08 bits per heavy atom. The highest BCUT2D eigenvalue weighted by Crippen LogP contribution is 2.22. The second-order valence-electron chi connectivity index (χ2n) is 10.8. The molecule has 1 amide bonds. The molecule has 0 aromatic carbocycles. The summed E-state index contributed by atoms with van der Waals surface area (Å²) in [5, 5.41) is 10.8. The van der Waals surface area contributed by atoms with Crippen LogP contribution in [-0.4, -0.2) is 72.7 Å². The minimum atomic E-state index is -0.222. The van der Waals surface area contributed by atoms with Gasteiger partial charge in [-0.3, -0.25) is 14.4 Å². The Bertz CT molecular complexity index is 1020. The number of aromatic nitrogens is 2. The standard InChI is InChI=1S/C27H42ClN7O2/c1-6-24(34-26(29-5)32-21-10-12-37-13-11-21)35-16-23(31-18-35)25(36)33-22(15-30-17-27(2,3)4)19-8-7-9-20(28)14-19/h7,9,14,16,18-19,21-22,30H,6,8,10-13,15,17H2,1-5H3,(H,29,32)(H,33,36)/b34-24+/t19?,22-/m1/s1. The number of hydrogen-bond donors (Lipinski definition) is 3. The number of carbonyl (C=O) groups is 1. The van der Waals surface area contributed by atoms with Crippen molar-refractivity contribution >= 4 is 29.3 Å². The number of rotatable bonds is 8. The predicted molar refractivity (Wildman–Crippen MR) is 150 cm³/mol. The second-order valence-corrected chi connectivity index (χ2v) is 11.2. The molecule has 1 aliphatic heterocycles. The van der Waals surface area contributed by atoms with Gasteiger partial charge in [-0.15, -0.1) is 0 Å². The molecule has 2 atom stereocenters. The number of allylic oxidation sites excluding steroid dienone is 3. The van der Waals surface area contributed by atoms with Crippen LogP contribution in [-0.2, 0) is 4.74 Å². The van der Waals surface area contributed by atoms with Crippen LogP contribution >= 0.6 is 11.6 Å². The van der Waals surface area contributed by atoms with Crippen molar-refractivity contribution in [2.45, 2.75) is 65.5 Å². The summed E-state index contributed by atoms with van der Waals surface area (Å²) in [4.78, 5) is 26.7. The Kier molecular flexibility index (Phi) is 10.9. The molecule has 9 nitrogen and oxygen atoms in total. The zero-order chi connectivity index (χ0) is 26.8. The first-order valence-corrected chi connectivity index (χ1v) is 13.5. The molecule has 2 aliphatic rings. The molecular weight excluding hydrogens is 490 g/mol. The summed E-state index contributed by atoms with van der Waals surface area (Å²) >= 11 is 6.28. The first-order valence-electron chi connectivity index (χ1n) is 13.2. The van der Waals surface area contributed by atoms with Crippen molar-refractivity contribution in [2.75, 3.05) is 33.4 Å². The van der Waals surface area contributed by atoms with E-state index in [1.165, 1.54) is 0 Å². The van der Waals surface area contributed by atoms with Gasteiger partial charge in [-0.05, 0) is 30.8 Å². The number of nitrogens with one attached hydrogen (secondary N) is 3. The van der Waals surface area contributed by atoms with Gasteiger partial charge in [0.1, 0.15) is 17.9 Å². The minimum Gasteiger partial charge on any atom is -0.381 e. The van der Waals surface area contributed by atoms with E-state index in [0.29, 0.717) is 35.7 Å². The normalized spacial score (nSPS) is 20.5. The van der Waals surface area contributed by atoms with Crippen molar-refractivity contribution in [3.63, 3.8) is 0 Å². The van der Waals surface area contributed by atoms with E-state index in [9.17, 15) is 4.79 Å². The Morgan fingerprint density at radius 3 is 2.73 bits per heavy atom. The molecule has 3 rings (SSSR count). The van der Waals surface area contributed by atoms with Gasteiger partial charge < -0.3 is 20.7 Å². The van der Waals surface area contributed by atoms with Crippen LogP contribution in [0.2, 0.25) is 0 Å². The van der Waals surface area contributed by atoms with Gasteiger partial charge in [-0.25, -0.2) is 4.98 Å². The Morgan fingerprint density at radius 1 is 1.32 bits per heavy atom. The highest BCUT2D eigenvalue weighted by Gasteiger charge is 2.25. The Hall–Kier alpha value is -2.49. The van der Waals surface area contributed by atoms with Gasteiger partial charge in [0.2, 0.25) is 5.96 Å². The van der Waals surface area contributed by atoms with Crippen molar-refractivity contribution in [1.29, 1.82) is 0 Å². The van der Waals surface area contributed by atoms with E-state index in [1.807, 2.05) is 19.1 Å². The highest BCUT2D eigenvalue weighted by molar-refractivity contribution is 6.31. The molecule has 3 N–H and O–H groups in total. The molecule has 37 heavy (non-hydrogen) atoms. The van der Waals surface area contributed by atoms with Crippen LogP contribution in [0.1, 0.15) is 63.9 Å². The monoisotopic (exact) mass is 531 g/mol. The van der Waals surface area contributed by atoms with Crippen LogP contribution in [0.3, 0.4) is 0 Å². The summed E-state index contributed by atoms with van der Waals surface area (Å²) in [6.07, 6.45) is 12.6. The molecular formula is C27H42ClN7O2. The molecule has 0 spiro atoms. The van der Waals surface area contributed by atoms with Gasteiger partial charge in [0.15, 0.2) is 0 Å². The molecule has 1 saturated heterocycles. The van der Waals surface area contributed by atoms with Crippen molar-refractivity contribution in [3.05, 3.63) is 41.5 Å². The smallest absolute Gasteiger partial charge is 0.271 e. The number of carbonyl (C=O) groups excluding carboxylic acids is 1. The Labute approximate surface area is 225 Å². The lowest BCUT2D eigenvalue weighted by Crippen LogP contribution is -2.47. The lowest BCUT2D eigenvalue weighted by atomic mass is 9.91. The average Bonchev–Trinajstić information content (AvgIpc) is 3.36. The number of hydrogen-bond acceptors (Lipinski definition) is 5. The molecule has 10 heteroatoms. The van der Waals surface area contributed by atoms with Gasteiger partial charge in [0.05, 0.1) is 0 Å². The Balaban J connectivity index is 1.69. The largest absolute Gasteiger partial charge is 0.381 e. The van der Waals surface area contributed by atoms with Crippen LogP contribution in [0.15, 0.2) is 45.8 Å². The zero-order valence-corrected chi connectivity index (χ0v) is 23.5. The third-order valence-corrected chi connectivity index (χ3v) is 6.59. The van der Waals surface area contributed by atoms with Crippen molar-refractivity contribution < 1.29 is 9.53 Å². The van der Waals surface area contributed by atoms with E-state index < -0.39 is 0 Å². The summed E-state index contributed by atoms with van der Waals surface area (Å²) in [7, 11) is 1.72. The summed E-state index contributed by atoms with van der Waals surface area (Å²) < 4.78 is 7.23. The number of ether oxygens (including phenoxy) is 1. The third-order valence-electron chi connectivity index (χ3n) is 6.34. The van der Waals surface area contributed by atoms with Crippen LogP contribution in [0.25, 0.3) is 0 Å². The fraction of sp³-hybridized carbons (Fsp3) is 0.630. The number of amides is 1. The molecule has 1 unspecified atom stereocenters. The number of guanidine groups is 1. The molecule has 0 radical (unpaired) electrons. The van der Waals surface area contributed by atoms with E-state index in [1.54, 1.807) is 24.1 Å². The topological polar surface area (TPSA) is 105 Å². The molecule has 1 fully saturated rings. The summed E-state index contributed by atoms with van der Waals surface area (Å²) in [5.41, 5.74) is 0.486. The maximum Gasteiger partial charge on any atom is 0.271 e. The van der Waals surface area contributed by atoms with Gasteiger partial charge in [-0.1, -0.05) is 51.4 Å². The van der Waals surface area contributed by atoms with E-state index >= 15 is 0 Å². The molecule has 1 aromatic rings. The van der Waals surface area contributed by atoms with Crippen LogP contribution in [0, 0.1) is 11.3 Å². The van der Waals surface area contributed by atoms with E-state index in [-0.39, 0.29) is 23.3 Å². The predicted octanol–water partition coefficient (Wildman–Crippen LogP) is 3.73. The van der Waals surface area contributed by atoms with Crippen molar-refractivity contribution in [1.82, 2.24) is 25.5 Å². The third kappa shape index (κ3) is 9.39. The van der Waals surface area contributed by atoms with Crippen LogP contribution in [0.4, 0.5) is 0 Å². The van der Waals surface area contributed by atoms with E-state index in [4.69, 9.17) is 21.3 Å². The number of aliphatic imine (C=N–C) groups is 2. The fourth-order valence-electron chi connectivity index (χ4n) is 4.29. The van der Waals surface area contributed by atoms with Crippen molar-refractivity contribution in [3.8, 4) is 0 Å². The molecule has 1 aliphatic carbocycles. The molecule has 204 valence electrons. The summed E-state index contributed by atoms with van der Waals surface area (Å²) in [6.45, 7) is 11.5. The summed E-state index contributed by atoms with van der Waals surface area (Å²) in [5.74, 6) is 1.20. The van der Waals surface area contributed by atoms with Crippen LogP contribution in [0.5, 0.6) is 0 Å². The maximum absolute atomic E-state index is 13.2. The first kappa shape index (κ1) is 29.1. The van der Waals surface area contributed by atoms with Gasteiger partial charge in [0.25, 0.3) is 5.91 Å². The molecule has 0 bridgehead atoms. The second kappa shape index (κ2) is 13.9. The van der Waals surface area contributed by atoms with Gasteiger partial charge >= 0.3 is 0 Å². The van der Waals surface area contributed by atoms with E-state index in [2.05, 4.69) is 52.8 Å². The molecule has 0 saturated carbocycles. The fourth-order valence-corrected chi connectivity index (χ4v) is 4.55. The van der Waals surface area contributed by atoms with Gasteiger partial charge in [-0.2, -0.15) is 4.99 Å². The van der Waals surface area contributed by atoms with E-state index in [0.717, 1.165) is 44.9 Å². The maximum atomic E-state index is 13.2. The molecule has 2 heterocycles. The lowest BCUT2D eigenvalue weighted by molar-refractivity contribution is 0.0824. The minimum absolute atomic E-state index is 0.100. The quantitative estimate of drug-likeness (QED) is 0.350. The summed E-state index contributed by atoms with van der Waals surface area (Å²) in [6, 6.07) is 0.167. The zero-order valence-electron chi connectivity index (χ0n) is 22.8. The molecule has 1 aromatic heterocycles. The number of imidazole rings is 1. The number of nitrogens with zero attached hydrogens (tertiary/aromatic N) is 4. The van der Waals surface area contributed by atoms with Crippen LogP contribution < -0.4 is 16.0 Å². The number of halogens is 1. The first-order chi connectivity index (χ1) is 17.7. The van der Waals surface area contributed by atoms with Crippen molar-refractivity contribution in [2.24, 2.45) is 21.3 Å². The lowest BCUT2D eigenvalue weighted by Gasteiger charge is -2.28. The average molecular weight is 532 g/mol. The van der Waals surface area contributed by atoms with Gasteiger partial charge in [0, 0.05) is 69.0 Å².